The van der Waals surface area contributed by atoms with Crippen molar-refractivity contribution in [2.24, 2.45) is 0 Å². The molecule has 1 aromatic heterocycles. The maximum atomic E-state index is 6.00. The first kappa shape index (κ1) is 12.8. The third-order valence-electron chi connectivity index (χ3n) is 2.90. The van der Waals surface area contributed by atoms with Crippen LogP contribution in [0.5, 0.6) is 0 Å². The molecule has 1 heterocycles. The van der Waals surface area contributed by atoms with Crippen molar-refractivity contribution in [1.29, 1.82) is 0 Å². The van der Waals surface area contributed by atoms with Crippen molar-refractivity contribution in [3.8, 4) is 11.4 Å². The summed E-state index contributed by atoms with van der Waals surface area (Å²) in [5.74, 6) is 1.58. The highest BCUT2D eigenvalue weighted by atomic mass is 35.5. The van der Waals surface area contributed by atoms with Crippen LogP contribution in [0, 0.1) is 6.92 Å². The van der Waals surface area contributed by atoms with Crippen molar-refractivity contribution < 1.29 is 0 Å². The Morgan fingerprint density at radius 3 is 2.67 bits per heavy atom. The molecule has 3 nitrogen and oxygen atoms in total. The Morgan fingerprint density at radius 2 is 2.06 bits per heavy atom. The quantitative estimate of drug-likeness (QED) is 0.915. The molecule has 0 spiro atoms. The highest BCUT2D eigenvalue weighted by Gasteiger charge is 2.10. The summed E-state index contributed by atoms with van der Waals surface area (Å²) >= 11 is 6.00. The minimum Gasteiger partial charge on any atom is -0.373 e. The number of aromatic nitrogens is 2. The summed E-state index contributed by atoms with van der Waals surface area (Å²) in [6.45, 7) is 4.13. The highest BCUT2D eigenvalue weighted by Crippen LogP contribution is 2.24. The molecule has 0 fully saturated rings. The van der Waals surface area contributed by atoms with Crippen LogP contribution in [-0.2, 0) is 6.42 Å². The lowest BCUT2D eigenvalue weighted by Gasteiger charge is -2.11. The fourth-order valence-electron chi connectivity index (χ4n) is 1.91. The van der Waals surface area contributed by atoms with Crippen LogP contribution in [0.1, 0.15) is 18.2 Å². The standard InChI is InChI=1S/C14H16ClN3/c1-4-12-9(2)13(16-3)18-14(17-12)10-6-5-7-11(15)8-10/h5-8H,4H2,1-3H3,(H,16,17,18). The van der Waals surface area contributed by atoms with E-state index in [-0.39, 0.29) is 0 Å². The van der Waals surface area contributed by atoms with Gasteiger partial charge in [0.15, 0.2) is 5.82 Å². The lowest BCUT2D eigenvalue weighted by molar-refractivity contribution is 0.977. The topological polar surface area (TPSA) is 37.8 Å². The molecule has 18 heavy (non-hydrogen) atoms. The van der Waals surface area contributed by atoms with Gasteiger partial charge in [-0.25, -0.2) is 9.97 Å². The number of hydrogen-bond acceptors (Lipinski definition) is 3. The van der Waals surface area contributed by atoms with Crippen molar-refractivity contribution in [2.45, 2.75) is 20.3 Å². The maximum absolute atomic E-state index is 6.00. The molecule has 0 atom stereocenters. The second-order valence-electron chi connectivity index (χ2n) is 4.08. The van der Waals surface area contributed by atoms with E-state index in [4.69, 9.17) is 11.6 Å². The van der Waals surface area contributed by atoms with Gasteiger partial charge < -0.3 is 5.32 Å². The molecule has 0 aliphatic rings. The third kappa shape index (κ3) is 2.46. The molecule has 0 aliphatic heterocycles. The van der Waals surface area contributed by atoms with Crippen LogP contribution in [0.15, 0.2) is 24.3 Å². The van der Waals surface area contributed by atoms with Crippen molar-refractivity contribution in [2.75, 3.05) is 12.4 Å². The molecule has 0 aliphatic carbocycles. The number of aryl methyl sites for hydroxylation is 1. The summed E-state index contributed by atoms with van der Waals surface area (Å²) < 4.78 is 0. The minimum absolute atomic E-state index is 0.695. The summed E-state index contributed by atoms with van der Waals surface area (Å²) in [5.41, 5.74) is 3.10. The lowest BCUT2D eigenvalue weighted by atomic mass is 10.1. The number of nitrogens with zero attached hydrogens (tertiary/aromatic N) is 2. The molecular weight excluding hydrogens is 246 g/mol. The first-order valence-corrected chi connectivity index (χ1v) is 6.34. The van der Waals surface area contributed by atoms with Gasteiger partial charge in [-0.05, 0) is 25.5 Å². The number of nitrogens with one attached hydrogen (secondary N) is 1. The van der Waals surface area contributed by atoms with Gasteiger partial charge >= 0.3 is 0 Å². The SMILES string of the molecule is CCc1nc(-c2cccc(Cl)c2)nc(NC)c1C. The summed E-state index contributed by atoms with van der Waals surface area (Å²) in [7, 11) is 1.87. The van der Waals surface area contributed by atoms with E-state index in [1.807, 2.05) is 38.2 Å². The Hall–Kier alpha value is -1.61. The Morgan fingerprint density at radius 1 is 1.28 bits per heavy atom. The molecule has 0 amide bonds. The van der Waals surface area contributed by atoms with Gasteiger partial charge in [0.2, 0.25) is 0 Å². The predicted molar refractivity (Wildman–Crippen MR) is 76.1 cm³/mol. The third-order valence-corrected chi connectivity index (χ3v) is 3.14. The van der Waals surface area contributed by atoms with E-state index in [0.29, 0.717) is 10.8 Å². The van der Waals surface area contributed by atoms with E-state index in [2.05, 4.69) is 22.2 Å². The monoisotopic (exact) mass is 261 g/mol. The number of halogens is 1. The summed E-state index contributed by atoms with van der Waals surface area (Å²) in [5, 5.41) is 3.81. The Bertz CT molecular complexity index is 542. The minimum atomic E-state index is 0.695. The van der Waals surface area contributed by atoms with E-state index in [9.17, 15) is 0 Å². The summed E-state index contributed by atoms with van der Waals surface area (Å²) in [6.07, 6.45) is 0.886. The van der Waals surface area contributed by atoms with Gasteiger partial charge in [-0.3, -0.25) is 0 Å². The molecule has 94 valence electrons. The van der Waals surface area contributed by atoms with Crippen molar-refractivity contribution in [3.63, 3.8) is 0 Å². The van der Waals surface area contributed by atoms with E-state index >= 15 is 0 Å². The molecule has 1 aromatic carbocycles. The van der Waals surface area contributed by atoms with E-state index in [0.717, 1.165) is 29.1 Å². The highest BCUT2D eigenvalue weighted by molar-refractivity contribution is 6.30. The first-order chi connectivity index (χ1) is 8.65. The largest absolute Gasteiger partial charge is 0.373 e. The molecule has 0 unspecified atom stereocenters. The van der Waals surface area contributed by atoms with Crippen LogP contribution in [0.4, 0.5) is 5.82 Å². The number of benzene rings is 1. The molecule has 0 radical (unpaired) electrons. The van der Waals surface area contributed by atoms with Crippen molar-refractivity contribution in [3.05, 3.63) is 40.5 Å². The average Bonchev–Trinajstić information content (AvgIpc) is 2.39. The van der Waals surface area contributed by atoms with Gasteiger partial charge in [0, 0.05) is 28.9 Å². The zero-order valence-electron chi connectivity index (χ0n) is 10.8. The van der Waals surface area contributed by atoms with Crippen LogP contribution in [0.25, 0.3) is 11.4 Å². The Kier molecular flexibility index (Phi) is 3.82. The molecule has 2 rings (SSSR count). The van der Waals surface area contributed by atoms with Crippen LogP contribution in [0.2, 0.25) is 5.02 Å². The normalized spacial score (nSPS) is 10.4. The number of rotatable bonds is 3. The zero-order chi connectivity index (χ0) is 13.1. The first-order valence-electron chi connectivity index (χ1n) is 5.97. The second kappa shape index (κ2) is 5.36. The summed E-state index contributed by atoms with van der Waals surface area (Å²) in [6, 6.07) is 7.60. The van der Waals surface area contributed by atoms with Crippen LogP contribution in [0.3, 0.4) is 0 Å². The fraction of sp³-hybridized carbons (Fsp3) is 0.286. The van der Waals surface area contributed by atoms with Crippen LogP contribution in [-0.4, -0.2) is 17.0 Å². The smallest absolute Gasteiger partial charge is 0.161 e. The molecule has 0 saturated carbocycles. The lowest BCUT2D eigenvalue weighted by Crippen LogP contribution is -2.04. The summed E-state index contributed by atoms with van der Waals surface area (Å²) in [4.78, 5) is 9.13. The number of anilines is 1. The molecule has 0 saturated heterocycles. The molecular formula is C14H16ClN3. The molecule has 4 heteroatoms. The average molecular weight is 262 g/mol. The molecule has 1 N–H and O–H groups in total. The van der Waals surface area contributed by atoms with Crippen LogP contribution >= 0.6 is 11.6 Å². The van der Waals surface area contributed by atoms with Crippen molar-refractivity contribution in [1.82, 2.24) is 9.97 Å². The van der Waals surface area contributed by atoms with Gasteiger partial charge in [0.05, 0.1) is 0 Å². The van der Waals surface area contributed by atoms with Gasteiger partial charge in [-0.15, -0.1) is 0 Å². The zero-order valence-corrected chi connectivity index (χ0v) is 11.5. The second-order valence-corrected chi connectivity index (χ2v) is 4.52. The van der Waals surface area contributed by atoms with Gasteiger partial charge in [-0.1, -0.05) is 30.7 Å². The van der Waals surface area contributed by atoms with E-state index < -0.39 is 0 Å². The van der Waals surface area contributed by atoms with E-state index in [1.54, 1.807) is 0 Å². The maximum Gasteiger partial charge on any atom is 0.161 e. The van der Waals surface area contributed by atoms with Gasteiger partial charge in [0.1, 0.15) is 5.82 Å². The Balaban J connectivity index is 2.58. The Labute approximate surface area is 112 Å². The van der Waals surface area contributed by atoms with Gasteiger partial charge in [-0.2, -0.15) is 0 Å². The predicted octanol–water partition coefficient (Wildman–Crippen LogP) is 3.71. The van der Waals surface area contributed by atoms with E-state index in [1.165, 1.54) is 0 Å². The van der Waals surface area contributed by atoms with Crippen molar-refractivity contribution >= 4 is 17.4 Å². The molecule has 2 aromatic rings. The molecule has 0 bridgehead atoms. The fourth-order valence-corrected chi connectivity index (χ4v) is 2.10. The number of hydrogen-bond donors (Lipinski definition) is 1. The van der Waals surface area contributed by atoms with Crippen LogP contribution < -0.4 is 5.32 Å². The van der Waals surface area contributed by atoms with Gasteiger partial charge in [0.25, 0.3) is 0 Å².